The molecule has 0 fully saturated rings. The van der Waals surface area contributed by atoms with Crippen molar-refractivity contribution >= 4 is 22.9 Å². The zero-order valence-electron chi connectivity index (χ0n) is 25.2. The highest BCUT2D eigenvalue weighted by atomic mass is 19.1. The van der Waals surface area contributed by atoms with Gasteiger partial charge < -0.3 is 20.0 Å². The number of aliphatic hydroxyl groups is 2. The topological polar surface area (TPSA) is 101 Å². The Hall–Kier alpha value is -4.22. The van der Waals surface area contributed by atoms with Crippen LogP contribution in [0.4, 0.5) is 15.8 Å². The molecule has 8 heteroatoms. The molecule has 2 aromatic rings. The van der Waals surface area contributed by atoms with Gasteiger partial charge in [0.05, 0.1) is 35.2 Å². The monoisotopic (exact) mass is 572 g/mol. The molecule has 0 radical (unpaired) electrons. The minimum absolute atomic E-state index is 0.146. The number of anilines is 1. The summed E-state index contributed by atoms with van der Waals surface area (Å²) in [6, 6.07) is 14.1. The molecule has 2 aromatic carbocycles. The fourth-order valence-electron chi connectivity index (χ4n) is 4.61. The number of hydrogen-bond donors (Lipinski definition) is 2. The van der Waals surface area contributed by atoms with Gasteiger partial charge in [-0.05, 0) is 76.4 Å². The standard InChI is InChI=1S/C34H41FN4O3/c1-7-27(18-19-33(3,4)23-36)34(5)21-31(38-42-34)25-12-13-26(22-40)30(20-25)37-32(11-9-8-10-24(2)41)39(6)29-16-14-28(35)15-17-29/h7,12-20,40-41H,2,8-11,21-22H2,1,3-6H3/b19-18-,27-7+,37-32-. The quantitative estimate of drug-likeness (QED) is 0.0881. The predicted molar refractivity (Wildman–Crippen MR) is 167 cm³/mol. The van der Waals surface area contributed by atoms with E-state index in [0.717, 1.165) is 41.2 Å². The molecule has 1 unspecified atom stereocenters. The van der Waals surface area contributed by atoms with E-state index in [1.807, 2.05) is 76.1 Å². The maximum Gasteiger partial charge on any atom is 0.165 e. The molecule has 1 aliphatic rings. The fourth-order valence-corrected chi connectivity index (χ4v) is 4.61. The third kappa shape index (κ3) is 8.40. The van der Waals surface area contributed by atoms with Gasteiger partial charge >= 0.3 is 0 Å². The SMILES string of the molecule is C=C(O)CCCC/C(=N/c1cc(C2=NOC(C)(C(/C=C\C(C)(C)C#N)=C/C)C2)ccc1CO)N(C)c1ccc(F)cc1. The Morgan fingerprint density at radius 1 is 1.24 bits per heavy atom. The van der Waals surface area contributed by atoms with Crippen LogP contribution in [0.15, 0.2) is 88.8 Å². The van der Waals surface area contributed by atoms with Gasteiger partial charge in [-0.15, -0.1) is 0 Å². The van der Waals surface area contributed by atoms with E-state index in [1.165, 1.54) is 12.1 Å². The second-order valence-electron chi connectivity index (χ2n) is 11.3. The molecule has 1 atom stereocenters. The van der Waals surface area contributed by atoms with Crippen LogP contribution in [0.2, 0.25) is 0 Å². The van der Waals surface area contributed by atoms with Gasteiger partial charge in [-0.3, -0.25) is 0 Å². The van der Waals surface area contributed by atoms with Crippen molar-refractivity contribution in [3.8, 4) is 6.07 Å². The van der Waals surface area contributed by atoms with E-state index in [9.17, 15) is 19.9 Å². The lowest BCUT2D eigenvalue weighted by Gasteiger charge is -2.24. The fraction of sp³-hybridized carbons (Fsp3) is 0.382. The van der Waals surface area contributed by atoms with E-state index in [0.29, 0.717) is 30.5 Å². The zero-order valence-corrected chi connectivity index (χ0v) is 25.2. The Morgan fingerprint density at radius 2 is 1.93 bits per heavy atom. The summed E-state index contributed by atoms with van der Waals surface area (Å²) in [6.45, 7) is 11.0. The van der Waals surface area contributed by atoms with Crippen molar-refractivity contribution in [1.29, 1.82) is 5.26 Å². The van der Waals surface area contributed by atoms with E-state index in [4.69, 9.17) is 9.83 Å². The van der Waals surface area contributed by atoms with Gasteiger partial charge in [-0.25, -0.2) is 9.38 Å². The highest BCUT2D eigenvalue weighted by Crippen LogP contribution is 2.36. The molecule has 0 amide bonds. The van der Waals surface area contributed by atoms with Gasteiger partial charge in [-0.2, -0.15) is 5.26 Å². The van der Waals surface area contributed by atoms with E-state index < -0.39 is 11.0 Å². The molecule has 0 aliphatic carbocycles. The summed E-state index contributed by atoms with van der Waals surface area (Å²) in [5.74, 6) is 0.555. The van der Waals surface area contributed by atoms with Crippen LogP contribution in [-0.4, -0.2) is 34.4 Å². The van der Waals surface area contributed by atoms with Crippen molar-refractivity contribution in [3.05, 3.63) is 95.5 Å². The van der Waals surface area contributed by atoms with Gasteiger partial charge in [0.1, 0.15) is 11.7 Å². The number of allylic oxidation sites excluding steroid dienone is 3. The number of hydrogen-bond acceptors (Lipinski definition) is 6. The minimum atomic E-state index is -0.699. The lowest BCUT2D eigenvalue weighted by molar-refractivity contribution is 0.0292. The molecule has 3 rings (SSSR count). The van der Waals surface area contributed by atoms with Gasteiger partial charge in [0.25, 0.3) is 0 Å². The zero-order chi connectivity index (χ0) is 30.9. The Kier molecular flexibility index (Phi) is 10.8. The molecular formula is C34H41FN4O3. The first-order chi connectivity index (χ1) is 19.9. The number of amidine groups is 1. The molecule has 0 bridgehead atoms. The number of unbranched alkanes of at least 4 members (excludes halogenated alkanes) is 1. The molecule has 1 aliphatic heterocycles. The van der Waals surface area contributed by atoms with E-state index in [1.54, 1.807) is 12.1 Å². The lowest BCUT2D eigenvalue weighted by atomic mass is 9.86. The highest BCUT2D eigenvalue weighted by Gasteiger charge is 2.37. The summed E-state index contributed by atoms with van der Waals surface area (Å²) in [5, 5.41) is 33.4. The molecule has 7 nitrogen and oxygen atoms in total. The number of rotatable bonds is 12. The maximum absolute atomic E-state index is 13.6. The number of oxime groups is 1. The lowest BCUT2D eigenvalue weighted by Crippen LogP contribution is -2.27. The van der Waals surface area contributed by atoms with E-state index >= 15 is 0 Å². The summed E-state index contributed by atoms with van der Waals surface area (Å²) in [6.07, 6.45) is 8.85. The number of nitriles is 1. The Bertz CT molecular complexity index is 1430. The van der Waals surface area contributed by atoms with Crippen molar-refractivity contribution in [2.75, 3.05) is 11.9 Å². The molecule has 0 aromatic heterocycles. The van der Waals surface area contributed by atoms with Crippen LogP contribution in [0.1, 0.15) is 70.9 Å². The number of nitrogens with zero attached hydrogens (tertiary/aromatic N) is 4. The minimum Gasteiger partial charge on any atom is -0.513 e. The van der Waals surface area contributed by atoms with Crippen LogP contribution >= 0.6 is 0 Å². The van der Waals surface area contributed by atoms with Crippen molar-refractivity contribution in [2.24, 2.45) is 15.6 Å². The predicted octanol–water partition coefficient (Wildman–Crippen LogP) is 8.05. The Morgan fingerprint density at radius 3 is 2.55 bits per heavy atom. The number of aliphatic imine (C=N–C) groups is 1. The average Bonchev–Trinajstić information content (AvgIpc) is 3.37. The van der Waals surface area contributed by atoms with Crippen LogP contribution in [0.25, 0.3) is 0 Å². The summed E-state index contributed by atoms with van der Waals surface area (Å²) in [4.78, 5) is 12.9. The van der Waals surface area contributed by atoms with Crippen molar-refractivity contribution in [1.82, 2.24) is 0 Å². The van der Waals surface area contributed by atoms with Crippen LogP contribution in [0.5, 0.6) is 0 Å². The maximum atomic E-state index is 13.6. The van der Waals surface area contributed by atoms with Crippen molar-refractivity contribution in [2.45, 2.75) is 72.0 Å². The van der Waals surface area contributed by atoms with Crippen LogP contribution in [-0.2, 0) is 11.4 Å². The summed E-state index contributed by atoms with van der Waals surface area (Å²) >= 11 is 0. The third-order valence-corrected chi connectivity index (χ3v) is 7.31. The Labute approximate surface area is 248 Å². The first-order valence-corrected chi connectivity index (χ1v) is 14.1. The van der Waals surface area contributed by atoms with Gasteiger partial charge in [0, 0.05) is 43.1 Å². The van der Waals surface area contributed by atoms with Gasteiger partial charge in [0.15, 0.2) is 5.60 Å². The molecule has 1 heterocycles. The highest BCUT2D eigenvalue weighted by molar-refractivity contribution is 6.03. The van der Waals surface area contributed by atoms with E-state index in [2.05, 4.69) is 17.8 Å². The second-order valence-corrected chi connectivity index (χ2v) is 11.3. The molecule has 222 valence electrons. The smallest absolute Gasteiger partial charge is 0.165 e. The first-order valence-electron chi connectivity index (χ1n) is 14.1. The average molecular weight is 573 g/mol. The van der Waals surface area contributed by atoms with E-state index in [-0.39, 0.29) is 18.2 Å². The molecule has 0 saturated carbocycles. The largest absolute Gasteiger partial charge is 0.513 e. The van der Waals surface area contributed by atoms with Crippen LogP contribution in [0.3, 0.4) is 0 Å². The normalized spacial score (nSPS) is 17.6. The Balaban J connectivity index is 1.93. The summed E-state index contributed by atoms with van der Waals surface area (Å²) < 4.78 is 13.6. The second kappa shape index (κ2) is 14.1. The van der Waals surface area contributed by atoms with Gasteiger partial charge in [0.2, 0.25) is 0 Å². The molecular weight excluding hydrogens is 531 g/mol. The molecule has 2 N–H and O–H groups in total. The molecule has 0 saturated heterocycles. The number of aliphatic hydroxyl groups excluding tert-OH is 2. The van der Waals surface area contributed by atoms with Crippen LogP contribution < -0.4 is 4.90 Å². The first kappa shape index (κ1) is 32.3. The van der Waals surface area contributed by atoms with Crippen LogP contribution in [0, 0.1) is 22.6 Å². The van der Waals surface area contributed by atoms with Gasteiger partial charge in [-0.1, -0.05) is 42.1 Å². The third-order valence-electron chi connectivity index (χ3n) is 7.31. The molecule has 42 heavy (non-hydrogen) atoms. The number of benzene rings is 2. The molecule has 0 spiro atoms. The summed E-state index contributed by atoms with van der Waals surface area (Å²) in [5.41, 5.74) is 3.23. The summed E-state index contributed by atoms with van der Waals surface area (Å²) in [7, 11) is 1.87. The number of halogens is 1. The van der Waals surface area contributed by atoms with Crippen molar-refractivity contribution in [3.63, 3.8) is 0 Å². The van der Waals surface area contributed by atoms with Crippen molar-refractivity contribution < 1.29 is 19.4 Å².